The van der Waals surface area contributed by atoms with Crippen molar-refractivity contribution in [1.29, 1.82) is 0 Å². The van der Waals surface area contributed by atoms with Gasteiger partial charge in [-0.1, -0.05) is 36.4 Å². The standard InChI is InChI=1S/C26H34N4O5/c1-18(31)28-22(15-20-9-10-23(34-2)24(16-20)35-3)25(32)29-21-11-13-30(14-12-21)26(33)27-17-19-7-5-4-6-8-19/h4-10,16,21-22H,11-15,17H2,1-3H3,(H,27,33)(H,28,31)(H,29,32)/t22-/m1/s1. The van der Waals surface area contributed by atoms with Gasteiger partial charge in [-0.3, -0.25) is 9.59 Å². The molecule has 0 aromatic heterocycles. The summed E-state index contributed by atoms with van der Waals surface area (Å²) in [5.74, 6) is 0.624. The topological polar surface area (TPSA) is 109 Å². The molecule has 2 aromatic carbocycles. The number of nitrogens with one attached hydrogen (secondary N) is 3. The second kappa shape index (κ2) is 12.6. The van der Waals surface area contributed by atoms with Gasteiger partial charge in [0.25, 0.3) is 0 Å². The number of likely N-dealkylation sites (tertiary alicyclic amines) is 1. The SMILES string of the molecule is COc1ccc(C[C@@H](NC(C)=O)C(=O)NC2CCN(C(=O)NCc3ccccc3)CC2)cc1OC. The second-order valence-corrected chi connectivity index (χ2v) is 8.56. The predicted molar refractivity (Wildman–Crippen MR) is 132 cm³/mol. The summed E-state index contributed by atoms with van der Waals surface area (Å²) in [7, 11) is 3.11. The van der Waals surface area contributed by atoms with Gasteiger partial charge in [0.05, 0.1) is 14.2 Å². The Labute approximate surface area is 206 Å². The van der Waals surface area contributed by atoms with E-state index in [0.717, 1.165) is 11.1 Å². The number of methoxy groups -OCH3 is 2. The number of piperidine rings is 1. The highest BCUT2D eigenvalue weighted by Gasteiger charge is 2.27. The molecule has 1 aliphatic rings. The molecule has 1 fully saturated rings. The summed E-state index contributed by atoms with van der Waals surface area (Å²) in [6.07, 6.45) is 1.60. The van der Waals surface area contributed by atoms with Crippen molar-refractivity contribution in [2.45, 2.75) is 44.8 Å². The Kier molecular flexibility index (Phi) is 9.34. The van der Waals surface area contributed by atoms with Gasteiger partial charge < -0.3 is 30.3 Å². The Bertz CT molecular complexity index is 1010. The molecule has 4 amide bonds. The maximum absolute atomic E-state index is 13.0. The number of ether oxygens (including phenoxy) is 2. The van der Waals surface area contributed by atoms with E-state index in [9.17, 15) is 14.4 Å². The van der Waals surface area contributed by atoms with Gasteiger partial charge in [0, 0.05) is 39.0 Å². The van der Waals surface area contributed by atoms with Gasteiger partial charge in [-0.2, -0.15) is 0 Å². The first-order valence-corrected chi connectivity index (χ1v) is 11.7. The zero-order chi connectivity index (χ0) is 25.2. The first kappa shape index (κ1) is 25.9. The minimum Gasteiger partial charge on any atom is -0.493 e. The average molecular weight is 483 g/mol. The van der Waals surface area contributed by atoms with Crippen molar-refractivity contribution in [1.82, 2.24) is 20.9 Å². The second-order valence-electron chi connectivity index (χ2n) is 8.56. The van der Waals surface area contributed by atoms with Crippen LogP contribution in [0, 0.1) is 0 Å². The normalized spacial score (nSPS) is 14.5. The molecule has 9 heteroatoms. The number of hydrogen-bond acceptors (Lipinski definition) is 5. The number of carbonyl (C=O) groups excluding carboxylic acids is 3. The maximum atomic E-state index is 13.0. The van der Waals surface area contributed by atoms with E-state index in [-0.39, 0.29) is 23.9 Å². The van der Waals surface area contributed by atoms with E-state index in [2.05, 4.69) is 16.0 Å². The van der Waals surface area contributed by atoms with Crippen molar-refractivity contribution in [3.05, 3.63) is 59.7 Å². The molecule has 35 heavy (non-hydrogen) atoms. The van der Waals surface area contributed by atoms with Crippen molar-refractivity contribution in [3.63, 3.8) is 0 Å². The predicted octanol–water partition coefficient (Wildman–Crippen LogP) is 2.24. The van der Waals surface area contributed by atoms with Crippen molar-refractivity contribution in [2.75, 3.05) is 27.3 Å². The molecule has 1 atom stereocenters. The quantitative estimate of drug-likeness (QED) is 0.508. The van der Waals surface area contributed by atoms with Crippen molar-refractivity contribution < 1.29 is 23.9 Å². The zero-order valence-corrected chi connectivity index (χ0v) is 20.5. The van der Waals surface area contributed by atoms with Crippen molar-refractivity contribution in [2.24, 2.45) is 0 Å². The number of benzene rings is 2. The third-order valence-corrected chi connectivity index (χ3v) is 6.00. The van der Waals surface area contributed by atoms with E-state index in [1.165, 1.54) is 6.92 Å². The van der Waals surface area contributed by atoms with Crippen LogP contribution in [-0.4, -0.2) is 62.1 Å². The fraction of sp³-hybridized carbons (Fsp3) is 0.423. The highest BCUT2D eigenvalue weighted by molar-refractivity contribution is 5.87. The molecule has 9 nitrogen and oxygen atoms in total. The van der Waals surface area contributed by atoms with Crippen LogP contribution in [-0.2, 0) is 22.6 Å². The lowest BCUT2D eigenvalue weighted by Gasteiger charge is -2.33. The van der Waals surface area contributed by atoms with Gasteiger partial charge in [-0.15, -0.1) is 0 Å². The molecule has 1 saturated heterocycles. The highest BCUT2D eigenvalue weighted by atomic mass is 16.5. The number of hydrogen-bond donors (Lipinski definition) is 3. The van der Waals surface area contributed by atoms with Crippen LogP contribution in [0.15, 0.2) is 48.5 Å². The molecule has 1 aliphatic heterocycles. The Morgan fingerprint density at radius 1 is 0.971 bits per heavy atom. The number of nitrogens with zero attached hydrogens (tertiary/aromatic N) is 1. The molecule has 0 saturated carbocycles. The van der Waals surface area contributed by atoms with Crippen LogP contribution in [0.4, 0.5) is 4.79 Å². The van der Waals surface area contributed by atoms with Crippen LogP contribution in [0.3, 0.4) is 0 Å². The van der Waals surface area contributed by atoms with Crippen LogP contribution in [0.2, 0.25) is 0 Å². The van der Waals surface area contributed by atoms with Gasteiger partial charge >= 0.3 is 6.03 Å². The summed E-state index contributed by atoms with van der Waals surface area (Å²) >= 11 is 0. The largest absolute Gasteiger partial charge is 0.493 e. The molecule has 0 bridgehead atoms. The summed E-state index contributed by atoms with van der Waals surface area (Å²) in [5, 5.41) is 8.73. The van der Waals surface area contributed by atoms with Crippen LogP contribution >= 0.6 is 0 Å². The maximum Gasteiger partial charge on any atom is 0.317 e. The van der Waals surface area contributed by atoms with E-state index < -0.39 is 6.04 Å². The van der Waals surface area contributed by atoms with Crippen LogP contribution in [0.1, 0.15) is 30.9 Å². The van der Waals surface area contributed by atoms with Crippen LogP contribution in [0.25, 0.3) is 0 Å². The number of rotatable bonds is 9. The van der Waals surface area contributed by atoms with Crippen molar-refractivity contribution in [3.8, 4) is 11.5 Å². The van der Waals surface area contributed by atoms with E-state index in [4.69, 9.17) is 9.47 Å². The summed E-state index contributed by atoms with van der Waals surface area (Å²) in [5.41, 5.74) is 1.88. The molecular weight excluding hydrogens is 448 g/mol. The third-order valence-electron chi connectivity index (χ3n) is 6.00. The lowest BCUT2D eigenvalue weighted by molar-refractivity contribution is -0.128. The Morgan fingerprint density at radius 2 is 1.66 bits per heavy atom. The first-order valence-electron chi connectivity index (χ1n) is 11.7. The van der Waals surface area contributed by atoms with Gasteiger partial charge in [0.15, 0.2) is 11.5 Å². The van der Waals surface area contributed by atoms with Crippen molar-refractivity contribution >= 4 is 17.8 Å². The lowest BCUT2D eigenvalue weighted by Crippen LogP contribution is -2.54. The first-order chi connectivity index (χ1) is 16.9. The van der Waals surface area contributed by atoms with Crippen LogP contribution in [0.5, 0.6) is 11.5 Å². The number of carbonyl (C=O) groups is 3. The summed E-state index contributed by atoms with van der Waals surface area (Å²) in [6, 6.07) is 14.3. The fourth-order valence-corrected chi connectivity index (χ4v) is 4.11. The molecule has 0 aliphatic carbocycles. The molecule has 0 radical (unpaired) electrons. The number of urea groups is 1. The third kappa shape index (κ3) is 7.63. The smallest absolute Gasteiger partial charge is 0.317 e. The Morgan fingerprint density at radius 3 is 2.29 bits per heavy atom. The molecule has 3 N–H and O–H groups in total. The van der Waals surface area contributed by atoms with Gasteiger partial charge in [-0.25, -0.2) is 4.79 Å². The van der Waals surface area contributed by atoms with Gasteiger partial charge in [0.1, 0.15) is 6.04 Å². The molecule has 0 unspecified atom stereocenters. The minimum absolute atomic E-state index is 0.0673. The summed E-state index contributed by atoms with van der Waals surface area (Å²) < 4.78 is 10.6. The molecule has 3 rings (SSSR count). The van der Waals surface area contributed by atoms with Crippen LogP contribution < -0.4 is 25.4 Å². The number of amides is 4. The molecular formula is C26H34N4O5. The van der Waals surface area contributed by atoms with E-state index in [1.54, 1.807) is 31.3 Å². The molecule has 2 aromatic rings. The average Bonchev–Trinajstić information content (AvgIpc) is 2.87. The van der Waals surface area contributed by atoms with Gasteiger partial charge in [0.2, 0.25) is 11.8 Å². The Hall–Kier alpha value is -3.75. The molecule has 0 spiro atoms. The molecule has 188 valence electrons. The minimum atomic E-state index is -0.724. The lowest BCUT2D eigenvalue weighted by atomic mass is 10.0. The monoisotopic (exact) mass is 482 g/mol. The summed E-state index contributed by atoms with van der Waals surface area (Å²) in [4.78, 5) is 39.0. The van der Waals surface area contributed by atoms with E-state index in [1.807, 2.05) is 36.4 Å². The Balaban J connectivity index is 1.52. The summed E-state index contributed by atoms with van der Waals surface area (Å²) in [6.45, 7) is 2.96. The highest BCUT2D eigenvalue weighted by Crippen LogP contribution is 2.28. The fourth-order valence-electron chi connectivity index (χ4n) is 4.11. The van der Waals surface area contributed by atoms with E-state index >= 15 is 0 Å². The van der Waals surface area contributed by atoms with Gasteiger partial charge in [-0.05, 0) is 36.1 Å². The zero-order valence-electron chi connectivity index (χ0n) is 20.5. The van der Waals surface area contributed by atoms with E-state index in [0.29, 0.717) is 50.4 Å². The molecule has 1 heterocycles.